The summed E-state index contributed by atoms with van der Waals surface area (Å²) in [7, 11) is 0. The number of anilines is 2. The van der Waals surface area contributed by atoms with Gasteiger partial charge in [0.1, 0.15) is 30.5 Å². The minimum Gasteiger partial charge on any atom is -0.487 e. The number of nitrogens with zero attached hydrogens (tertiary/aromatic N) is 10. The summed E-state index contributed by atoms with van der Waals surface area (Å²) >= 11 is 6.47. The van der Waals surface area contributed by atoms with Gasteiger partial charge >= 0.3 is 0 Å². The van der Waals surface area contributed by atoms with Crippen LogP contribution in [0.25, 0.3) is 11.1 Å². The Labute approximate surface area is 296 Å². The van der Waals surface area contributed by atoms with Gasteiger partial charge in [-0.05, 0) is 86.7 Å². The molecule has 2 fully saturated rings. The van der Waals surface area contributed by atoms with Gasteiger partial charge in [0.15, 0.2) is 0 Å². The Kier molecular flexibility index (Phi) is 10.5. The molecular formula is C35H42ClN11O3. The molecule has 50 heavy (non-hydrogen) atoms. The molecule has 5 aromatic rings. The summed E-state index contributed by atoms with van der Waals surface area (Å²) in [5.74, 6) is 1.46. The van der Waals surface area contributed by atoms with E-state index in [9.17, 15) is 0 Å². The van der Waals surface area contributed by atoms with E-state index >= 15 is 0 Å². The maximum absolute atomic E-state index is 6.47. The summed E-state index contributed by atoms with van der Waals surface area (Å²) in [5, 5.41) is 20.0. The van der Waals surface area contributed by atoms with Crippen LogP contribution < -0.4 is 14.8 Å². The number of pyridine rings is 1. The summed E-state index contributed by atoms with van der Waals surface area (Å²) in [4.78, 5) is 16.3. The van der Waals surface area contributed by atoms with E-state index in [-0.39, 0.29) is 24.4 Å². The van der Waals surface area contributed by atoms with Gasteiger partial charge in [0.05, 0.1) is 41.7 Å². The molecular weight excluding hydrogens is 658 g/mol. The molecule has 2 aliphatic rings. The molecule has 1 saturated heterocycles. The van der Waals surface area contributed by atoms with Crippen LogP contribution in [0.2, 0.25) is 5.02 Å². The molecule has 1 saturated carbocycles. The van der Waals surface area contributed by atoms with Crippen molar-refractivity contribution < 1.29 is 14.2 Å². The minimum atomic E-state index is -0.212. The van der Waals surface area contributed by atoms with Gasteiger partial charge in [-0.2, -0.15) is 0 Å². The first-order valence-corrected chi connectivity index (χ1v) is 17.5. The number of benzene rings is 1. The Morgan fingerprint density at radius 3 is 2.48 bits per heavy atom. The average molecular weight is 700 g/mol. The zero-order chi connectivity index (χ0) is 34.5. The smallest absolute Gasteiger partial charge is 0.257 e. The fourth-order valence-corrected chi connectivity index (χ4v) is 6.96. The van der Waals surface area contributed by atoms with Gasteiger partial charge in [0, 0.05) is 43.3 Å². The molecule has 1 N–H and O–H groups in total. The number of ether oxygens (including phenoxy) is 3. The summed E-state index contributed by atoms with van der Waals surface area (Å²) in [6.07, 6.45) is 13.5. The van der Waals surface area contributed by atoms with Crippen molar-refractivity contribution in [2.45, 2.75) is 90.0 Å². The molecule has 1 aromatic carbocycles. The Morgan fingerprint density at radius 1 is 0.980 bits per heavy atom. The van der Waals surface area contributed by atoms with Crippen molar-refractivity contribution in [2.24, 2.45) is 0 Å². The number of halogens is 1. The predicted molar refractivity (Wildman–Crippen MR) is 187 cm³/mol. The average Bonchev–Trinajstić information content (AvgIpc) is 3.79. The SMILES string of the molecule is C[C@@H]1CN([C@H]2CC[C@H](n3cc(Nc4ncc(-c5ccc(Cl)c(O[C@@H](C)Cn6cnnn6)c5)cn4)c(OCc4ccccn4)n3)CC2)C[C@H](C)O1. The van der Waals surface area contributed by atoms with Gasteiger partial charge in [-0.25, -0.2) is 14.6 Å². The zero-order valence-electron chi connectivity index (χ0n) is 28.5. The Balaban J connectivity index is 1.04. The molecule has 0 unspecified atom stereocenters. The highest BCUT2D eigenvalue weighted by Gasteiger charge is 2.32. The molecule has 0 bridgehead atoms. The molecule has 0 spiro atoms. The third-order valence-corrected chi connectivity index (χ3v) is 9.42. The zero-order valence-corrected chi connectivity index (χ0v) is 29.2. The highest BCUT2D eigenvalue weighted by atomic mass is 35.5. The maximum atomic E-state index is 6.47. The lowest BCUT2D eigenvalue weighted by Crippen LogP contribution is -2.51. The van der Waals surface area contributed by atoms with Crippen LogP contribution in [0.5, 0.6) is 11.6 Å². The Morgan fingerprint density at radius 2 is 1.76 bits per heavy atom. The van der Waals surface area contributed by atoms with E-state index in [1.165, 1.54) is 0 Å². The maximum Gasteiger partial charge on any atom is 0.257 e. The number of tetrazole rings is 1. The monoisotopic (exact) mass is 699 g/mol. The van der Waals surface area contributed by atoms with E-state index in [1.54, 1.807) is 35.7 Å². The second-order valence-electron chi connectivity index (χ2n) is 13.1. The summed E-state index contributed by atoms with van der Waals surface area (Å²) in [5.41, 5.74) is 3.20. The number of hydrogen-bond acceptors (Lipinski definition) is 12. The van der Waals surface area contributed by atoms with Crippen LogP contribution in [0.1, 0.15) is 58.2 Å². The van der Waals surface area contributed by atoms with Crippen molar-refractivity contribution in [3.8, 4) is 22.8 Å². The van der Waals surface area contributed by atoms with E-state index in [0.717, 1.165) is 55.6 Å². The standard InChI is InChI=1S/C35H42ClN11O3/c1-23-17-45(18-24(2)49-23)29-8-10-30(11-9-29)47-20-32(34(42-47)48-21-28-6-4-5-13-37-28)41-35-38-15-27(16-39-35)26-7-12-31(36)33(14-26)50-25(3)19-46-22-40-43-44-46/h4-7,12-16,20,22-25,29-30H,8-11,17-19,21H2,1-3H3,(H,38,39,41)/t23-,24+,25-,29-,30-/m0/s1. The number of morpholine rings is 1. The van der Waals surface area contributed by atoms with Crippen molar-refractivity contribution in [1.82, 2.24) is 49.8 Å². The minimum absolute atomic E-state index is 0.212. The summed E-state index contributed by atoms with van der Waals surface area (Å²) in [6.45, 7) is 9.04. The second-order valence-corrected chi connectivity index (χ2v) is 13.5. The second kappa shape index (κ2) is 15.5. The van der Waals surface area contributed by atoms with Gasteiger partial charge in [0.2, 0.25) is 5.95 Å². The topological polar surface area (TPSA) is 143 Å². The number of nitrogens with one attached hydrogen (secondary N) is 1. The first-order valence-electron chi connectivity index (χ1n) is 17.1. The van der Waals surface area contributed by atoms with Crippen LogP contribution in [0, 0.1) is 0 Å². The molecule has 1 aliphatic carbocycles. The van der Waals surface area contributed by atoms with Gasteiger partial charge in [0.25, 0.3) is 5.88 Å². The largest absolute Gasteiger partial charge is 0.487 e. The Hall–Kier alpha value is -4.66. The van der Waals surface area contributed by atoms with Crippen LogP contribution in [0.4, 0.5) is 11.6 Å². The lowest BCUT2D eigenvalue weighted by atomic mass is 9.89. The van der Waals surface area contributed by atoms with Crippen molar-refractivity contribution in [3.05, 3.63) is 78.2 Å². The van der Waals surface area contributed by atoms with Gasteiger partial charge in [-0.15, -0.1) is 10.2 Å². The molecule has 4 aromatic heterocycles. The fourth-order valence-electron chi connectivity index (χ4n) is 6.80. The molecule has 0 amide bonds. The lowest BCUT2D eigenvalue weighted by molar-refractivity contribution is -0.0852. The van der Waals surface area contributed by atoms with Crippen LogP contribution in [-0.2, 0) is 17.9 Å². The van der Waals surface area contributed by atoms with E-state index in [0.29, 0.717) is 47.5 Å². The van der Waals surface area contributed by atoms with Gasteiger partial charge in [-0.3, -0.25) is 14.6 Å². The number of rotatable bonds is 12. The molecule has 15 heteroatoms. The predicted octanol–water partition coefficient (Wildman–Crippen LogP) is 5.76. The number of aromatic nitrogens is 9. The summed E-state index contributed by atoms with van der Waals surface area (Å²) in [6, 6.07) is 12.2. The summed E-state index contributed by atoms with van der Waals surface area (Å²) < 4.78 is 22.0. The normalized spacial score (nSPS) is 21.8. The van der Waals surface area contributed by atoms with Crippen LogP contribution >= 0.6 is 11.6 Å². The lowest BCUT2D eigenvalue weighted by Gasteiger charge is -2.42. The van der Waals surface area contributed by atoms with Crippen molar-refractivity contribution in [2.75, 3.05) is 18.4 Å². The highest BCUT2D eigenvalue weighted by Crippen LogP contribution is 2.36. The van der Waals surface area contributed by atoms with E-state index in [1.807, 2.05) is 48.1 Å². The van der Waals surface area contributed by atoms with Gasteiger partial charge < -0.3 is 19.5 Å². The first-order chi connectivity index (χ1) is 24.4. The quantitative estimate of drug-likeness (QED) is 0.169. The fraction of sp³-hybridized carbons (Fsp3) is 0.457. The van der Waals surface area contributed by atoms with E-state index in [2.05, 4.69) is 54.5 Å². The molecule has 3 atom stereocenters. The van der Waals surface area contributed by atoms with Crippen LogP contribution in [0.3, 0.4) is 0 Å². The van der Waals surface area contributed by atoms with Crippen LogP contribution in [-0.4, -0.2) is 87.3 Å². The Bertz CT molecular complexity index is 1810. The molecule has 262 valence electrons. The first kappa shape index (κ1) is 33.8. The van der Waals surface area contributed by atoms with Crippen LogP contribution in [0.15, 0.2) is 67.5 Å². The number of hydrogen-bond donors (Lipinski definition) is 1. The molecule has 1 aliphatic heterocycles. The molecule has 14 nitrogen and oxygen atoms in total. The van der Waals surface area contributed by atoms with Crippen molar-refractivity contribution in [1.29, 1.82) is 0 Å². The highest BCUT2D eigenvalue weighted by molar-refractivity contribution is 6.32. The van der Waals surface area contributed by atoms with Crippen molar-refractivity contribution in [3.63, 3.8) is 0 Å². The molecule has 5 heterocycles. The molecule has 0 radical (unpaired) electrons. The van der Waals surface area contributed by atoms with E-state index < -0.39 is 0 Å². The third-order valence-electron chi connectivity index (χ3n) is 9.11. The van der Waals surface area contributed by atoms with Gasteiger partial charge in [-0.1, -0.05) is 23.7 Å². The van der Waals surface area contributed by atoms with Crippen molar-refractivity contribution >= 4 is 23.2 Å². The van der Waals surface area contributed by atoms with E-state index in [4.69, 9.17) is 30.9 Å². The molecule has 7 rings (SSSR count). The third kappa shape index (κ3) is 8.37.